The van der Waals surface area contributed by atoms with E-state index >= 15 is 0 Å². The average molecular weight is 241 g/mol. The standard InChI is InChI=1S/C11H15NO3S/c1-15-9-4-6-16-10(9)11(14)12-5-2-3-8(12)7-13/h4,6,8,13H,2-3,5,7H2,1H3/t8-/m1/s1. The van der Waals surface area contributed by atoms with Crippen LogP contribution in [0.25, 0.3) is 0 Å². The summed E-state index contributed by atoms with van der Waals surface area (Å²) >= 11 is 1.38. The fourth-order valence-electron chi connectivity index (χ4n) is 2.04. The molecule has 1 aliphatic heterocycles. The Kier molecular flexibility index (Phi) is 3.46. The van der Waals surface area contributed by atoms with Crippen molar-refractivity contribution in [3.63, 3.8) is 0 Å². The molecule has 1 N–H and O–H groups in total. The molecule has 0 aromatic carbocycles. The van der Waals surface area contributed by atoms with E-state index in [0.717, 1.165) is 19.4 Å². The van der Waals surface area contributed by atoms with Crippen LogP contribution < -0.4 is 4.74 Å². The maximum Gasteiger partial charge on any atom is 0.268 e. The number of aliphatic hydroxyl groups is 1. The Balaban J connectivity index is 2.18. The molecule has 1 amide bonds. The molecule has 1 fully saturated rings. The molecular formula is C11H15NO3S. The predicted octanol–water partition coefficient (Wildman–Crippen LogP) is 1.35. The van der Waals surface area contributed by atoms with Crippen molar-refractivity contribution in [2.75, 3.05) is 20.3 Å². The normalized spacial score (nSPS) is 20.1. The molecule has 4 nitrogen and oxygen atoms in total. The number of likely N-dealkylation sites (tertiary alicyclic amines) is 1. The molecule has 0 spiro atoms. The Morgan fingerprint density at radius 3 is 3.25 bits per heavy atom. The van der Waals surface area contributed by atoms with Gasteiger partial charge in [0, 0.05) is 6.54 Å². The molecule has 2 rings (SSSR count). The van der Waals surface area contributed by atoms with Gasteiger partial charge in [0.05, 0.1) is 19.8 Å². The number of thiophene rings is 1. The van der Waals surface area contributed by atoms with E-state index in [4.69, 9.17) is 4.74 Å². The summed E-state index contributed by atoms with van der Waals surface area (Å²) in [5.41, 5.74) is 0. The summed E-state index contributed by atoms with van der Waals surface area (Å²) in [6.45, 7) is 0.768. The molecule has 0 bridgehead atoms. The monoisotopic (exact) mass is 241 g/mol. The Bertz CT molecular complexity index is 377. The molecule has 88 valence electrons. The number of hydrogen-bond acceptors (Lipinski definition) is 4. The summed E-state index contributed by atoms with van der Waals surface area (Å²) < 4.78 is 5.14. The SMILES string of the molecule is COc1ccsc1C(=O)N1CCC[C@@H]1CO. The molecule has 1 aliphatic rings. The lowest BCUT2D eigenvalue weighted by atomic mass is 10.2. The Labute approximate surface area is 98.4 Å². The quantitative estimate of drug-likeness (QED) is 0.869. The molecule has 1 atom stereocenters. The zero-order valence-electron chi connectivity index (χ0n) is 9.18. The first-order valence-electron chi connectivity index (χ1n) is 5.31. The molecule has 16 heavy (non-hydrogen) atoms. The van der Waals surface area contributed by atoms with Crippen LogP contribution in [0.4, 0.5) is 0 Å². The van der Waals surface area contributed by atoms with Crippen LogP contribution in [0.5, 0.6) is 5.75 Å². The second-order valence-electron chi connectivity index (χ2n) is 3.80. The number of carbonyl (C=O) groups is 1. The van der Waals surface area contributed by atoms with E-state index in [-0.39, 0.29) is 18.6 Å². The summed E-state index contributed by atoms with van der Waals surface area (Å²) in [7, 11) is 1.56. The number of amides is 1. The fraction of sp³-hybridized carbons (Fsp3) is 0.545. The van der Waals surface area contributed by atoms with Crippen LogP contribution in [0.2, 0.25) is 0 Å². The molecule has 0 unspecified atom stereocenters. The highest BCUT2D eigenvalue weighted by Crippen LogP contribution is 2.28. The third-order valence-electron chi connectivity index (χ3n) is 2.89. The van der Waals surface area contributed by atoms with Crippen molar-refractivity contribution < 1.29 is 14.6 Å². The number of nitrogens with zero attached hydrogens (tertiary/aromatic N) is 1. The highest BCUT2D eigenvalue weighted by Gasteiger charge is 2.30. The predicted molar refractivity (Wildman–Crippen MR) is 62.0 cm³/mol. The van der Waals surface area contributed by atoms with Gasteiger partial charge in [0.1, 0.15) is 10.6 Å². The summed E-state index contributed by atoms with van der Waals surface area (Å²) in [6, 6.07) is 1.77. The molecule has 2 heterocycles. The van der Waals surface area contributed by atoms with Gasteiger partial charge in [-0.05, 0) is 24.3 Å². The van der Waals surface area contributed by atoms with Gasteiger partial charge in [-0.25, -0.2) is 0 Å². The van der Waals surface area contributed by atoms with Crippen molar-refractivity contribution >= 4 is 17.2 Å². The Morgan fingerprint density at radius 2 is 2.56 bits per heavy atom. The van der Waals surface area contributed by atoms with Gasteiger partial charge in [-0.15, -0.1) is 11.3 Å². The minimum Gasteiger partial charge on any atom is -0.495 e. The van der Waals surface area contributed by atoms with Gasteiger partial charge in [-0.3, -0.25) is 4.79 Å². The molecular weight excluding hydrogens is 226 g/mol. The Morgan fingerprint density at radius 1 is 1.75 bits per heavy atom. The van der Waals surface area contributed by atoms with Crippen molar-refractivity contribution in [2.45, 2.75) is 18.9 Å². The summed E-state index contributed by atoms with van der Waals surface area (Å²) in [6.07, 6.45) is 1.85. The van der Waals surface area contributed by atoms with Gasteiger partial charge >= 0.3 is 0 Å². The lowest BCUT2D eigenvalue weighted by Crippen LogP contribution is -2.37. The second kappa shape index (κ2) is 4.84. The average Bonchev–Trinajstić information content (AvgIpc) is 2.96. The molecule has 1 aromatic rings. The minimum atomic E-state index is -0.0284. The van der Waals surface area contributed by atoms with Gasteiger partial charge in [-0.2, -0.15) is 0 Å². The molecule has 0 aliphatic carbocycles. The third-order valence-corrected chi connectivity index (χ3v) is 3.78. The smallest absolute Gasteiger partial charge is 0.268 e. The van der Waals surface area contributed by atoms with Gasteiger partial charge in [0.15, 0.2) is 0 Å². The molecule has 5 heteroatoms. The van der Waals surface area contributed by atoms with Crippen molar-refractivity contribution in [1.82, 2.24) is 4.90 Å². The van der Waals surface area contributed by atoms with Crippen LogP contribution >= 0.6 is 11.3 Å². The number of ether oxygens (including phenoxy) is 1. The lowest BCUT2D eigenvalue weighted by molar-refractivity contribution is 0.0679. The van der Waals surface area contributed by atoms with E-state index < -0.39 is 0 Å². The van der Waals surface area contributed by atoms with E-state index in [1.165, 1.54) is 11.3 Å². The van der Waals surface area contributed by atoms with Crippen molar-refractivity contribution in [3.05, 3.63) is 16.3 Å². The fourth-order valence-corrected chi connectivity index (χ4v) is 2.85. The van der Waals surface area contributed by atoms with Gasteiger partial charge < -0.3 is 14.7 Å². The number of methoxy groups -OCH3 is 1. The van der Waals surface area contributed by atoms with E-state index in [9.17, 15) is 9.90 Å². The van der Waals surface area contributed by atoms with E-state index in [0.29, 0.717) is 10.6 Å². The maximum atomic E-state index is 12.2. The van der Waals surface area contributed by atoms with Crippen molar-refractivity contribution in [2.24, 2.45) is 0 Å². The lowest BCUT2D eigenvalue weighted by Gasteiger charge is -2.22. The third kappa shape index (κ3) is 1.92. The van der Waals surface area contributed by atoms with E-state index in [1.54, 1.807) is 18.1 Å². The topological polar surface area (TPSA) is 49.8 Å². The molecule has 0 radical (unpaired) electrons. The molecule has 0 saturated carbocycles. The van der Waals surface area contributed by atoms with E-state index in [1.807, 2.05) is 5.38 Å². The first kappa shape index (κ1) is 11.4. The van der Waals surface area contributed by atoms with Gasteiger partial charge in [0.25, 0.3) is 5.91 Å². The summed E-state index contributed by atoms with van der Waals surface area (Å²) in [4.78, 5) is 14.6. The zero-order chi connectivity index (χ0) is 11.5. The van der Waals surface area contributed by atoms with Gasteiger partial charge in [0.2, 0.25) is 0 Å². The first-order chi connectivity index (χ1) is 7.77. The van der Waals surface area contributed by atoms with Crippen LogP contribution in [0.1, 0.15) is 22.5 Å². The van der Waals surface area contributed by atoms with Crippen LogP contribution in [0.3, 0.4) is 0 Å². The van der Waals surface area contributed by atoms with Crippen molar-refractivity contribution in [1.29, 1.82) is 0 Å². The van der Waals surface area contributed by atoms with Crippen LogP contribution in [0.15, 0.2) is 11.4 Å². The number of hydrogen-bond donors (Lipinski definition) is 1. The highest BCUT2D eigenvalue weighted by molar-refractivity contribution is 7.12. The van der Waals surface area contributed by atoms with Crippen LogP contribution in [0, 0.1) is 0 Å². The first-order valence-corrected chi connectivity index (χ1v) is 6.19. The summed E-state index contributed by atoms with van der Waals surface area (Å²) in [5, 5.41) is 11.0. The number of carbonyl (C=O) groups excluding carboxylic acids is 1. The number of aliphatic hydroxyl groups excluding tert-OH is 1. The Hall–Kier alpha value is -1.07. The van der Waals surface area contributed by atoms with Gasteiger partial charge in [-0.1, -0.05) is 0 Å². The zero-order valence-corrected chi connectivity index (χ0v) is 10.00. The van der Waals surface area contributed by atoms with E-state index in [2.05, 4.69) is 0 Å². The molecule has 1 aromatic heterocycles. The largest absolute Gasteiger partial charge is 0.495 e. The number of rotatable bonds is 3. The minimum absolute atomic E-state index is 0.0246. The van der Waals surface area contributed by atoms with Crippen LogP contribution in [-0.2, 0) is 0 Å². The van der Waals surface area contributed by atoms with Crippen LogP contribution in [-0.4, -0.2) is 42.2 Å². The summed E-state index contributed by atoms with van der Waals surface area (Å²) in [5.74, 6) is 0.599. The highest BCUT2D eigenvalue weighted by atomic mass is 32.1. The molecule has 1 saturated heterocycles. The second-order valence-corrected chi connectivity index (χ2v) is 4.71. The van der Waals surface area contributed by atoms with Crippen molar-refractivity contribution in [3.8, 4) is 5.75 Å². The maximum absolute atomic E-state index is 12.2.